The first kappa shape index (κ1) is 22.7. The van der Waals surface area contributed by atoms with Crippen molar-refractivity contribution < 1.29 is 22.4 Å². The predicted octanol–water partition coefficient (Wildman–Crippen LogP) is 4.04. The Balaban J connectivity index is 1.92. The standard InChI is InChI=1S/C23H18FN3O4S/c1-3-18(24)11-10-15(2)32(30,31)26-20-9-5-8-19-21(20)23(29)27(22(19)28)14-17-7-4-6-16(12-17)13-25/h3-12,26H,1,14H2,2H3/b15-10+,18-11+. The zero-order valence-electron chi connectivity index (χ0n) is 17.0. The van der Waals surface area contributed by atoms with E-state index in [0.29, 0.717) is 11.1 Å². The van der Waals surface area contributed by atoms with E-state index >= 15 is 0 Å². The van der Waals surface area contributed by atoms with Gasteiger partial charge in [0, 0.05) is 0 Å². The fraction of sp³-hybridized carbons (Fsp3) is 0.0870. The van der Waals surface area contributed by atoms with Crippen molar-refractivity contribution in [1.82, 2.24) is 4.90 Å². The number of carbonyl (C=O) groups excluding carboxylic acids is 2. The average Bonchev–Trinajstić information content (AvgIpc) is 3.02. The number of carbonyl (C=O) groups is 2. The number of hydrogen-bond donors (Lipinski definition) is 1. The minimum Gasteiger partial charge on any atom is -0.279 e. The van der Waals surface area contributed by atoms with Crippen molar-refractivity contribution in [3.05, 3.63) is 100 Å². The van der Waals surface area contributed by atoms with Crippen molar-refractivity contribution in [1.29, 1.82) is 5.26 Å². The summed E-state index contributed by atoms with van der Waals surface area (Å²) in [5.74, 6) is -1.95. The summed E-state index contributed by atoms with van der Waals surface area (Å²) in [4.78, 5) is 26.6. The Hall–Kier alpha value is -4.03. The molecule has 32 heavy (non-hydrogen) atoms. The Bertz CT molecular complexity index is 1340. The van der Waals surface area contributed by atoms with Gasteiger partial charge in [-0.25, -0.2) is 12.8 Å². The van der Waals surface area contributed by atoms with Gasteiger partial charge in [-0.15, -0.1) is 0 Å². The predicted molar refractivity (Wildman–Crippen MR) is 117 cm³/mol. The highest BCUT2D eigenvalue weighted by atomic mass is 32.2. The third-order valence-electron chi connectivity index (χ3n) is 4.74. The number of allylic oxidation sites excluding steroid dienone is 5. The SMILES string of the molecule is C=C/C(F)=C\C=C(/C)S(=O)(=O)Nc1cccc2c1C(=O)N(Cc1cccc(C#N)c1)C2=O. The van der Waals surface area contributed by atoms with Crippen LogP contribution in [0.15, 0.2) is 78.0 Å². The second-order valence-corrected chi connectivity index (χ2v) is 8.73. The maximum absolute atomic E-state index is 13.2. The molecule has 2 aromatic rings. The Morgan fingerprint density at radius 2 is 1.91 bits per heavy atom. The molecule has 0 atom stereocenters. The van der Waals surface area contributed by atoms with Crippen molar-refractivity contribution in [2.24, 2.45) is 0 Å². The number of fused-ring (bicyclic) bond motifs is 1. The third kappa shape index (κ3) is 4.50. The molecule has 9 heteroatoms. The van der Waals surface area contributed by atoms with Crippen LogP contribution >= 0.6 is 0 Å². The van der Waals surface area contributed by atoms with Gasteiger partial charge in [0.25, 0.3) is 21.8 Å². The number of benzene rings is 2. The van der Waals surface area contributed by atoms with E-state index in [-0.39, 0.29) is 28.3 Å². The van der Waals surface area contributed by atoms with Crippen LogP contribution in [0.5, 0.6) is 0 Å². The van der Waals surface area contributed by atoms with E-state index in [0.717, 1.165) is 23.1 Å². The van der Waals surface area contributed by atoms with Crippen LogP contribution in [-0.2, 0) is 16.6 Å². The summed E-state index contributed by atoms with van der Waals surface area (Å²) >= 11 is 0. The van der Waals surface area contributed by atoms with Gasteiger partial charge in [0.15, 0.2) is 0 Å². The summed E-state index contributed by atoms with van der Waals surface area (Å²) in [6.07, 6.45) is 2.94. The van der Waals surface area contributed by atoms with E-state index in [4.69, 9.17) is 5.26 Å². The quantitative estimate of drug-likeness (QED) is 0.505. The highest BCUT2D eigenvalue weighted by Crippen LogP contribution is 2.31. The van der Waals surface area contributed by atoms with Gasteiger partial charge in [-0.1, -0.05) is 24.8 Å². The number of amides is 2. The largest absolute Gasteiger partial charge is 0.279 e. The Morgan fingerprint density at radius 3 is 2.59 bits per heavy atom. The lowest BCUT2D eigenvalue weighted by molar-refractivity contribution is 0.0642. The van der Waals surface area contributed by atoms with Gasteiger partial charge >= 0.3 is 0 Å². The van der Waals surface area contributed by atoms with Crippen LogP contribution in [0.25, 0.3) is 0 Å². The van der Waals surface area contributed by atoms with Gasteiger partial charge in [0.05, 0.1) is 39.9 Å². The highest BCUT2D eigenvalue weighted by Gasteiger charge is 2.38. The number of sulfonamides is 1. The maximum Gasteiger partial charge on any atom is 0.264 e. The Labute approximate surface area is 184 Å². The van der Waals surface area contributed by atoms with E-state index < -0.39 is 27.7 Å². The zero-order chi connectivity index (χ0) is 23.5. The van der Waals surface area contributed by atoms with E-state index in [1.807, 2.05) is 6.07 Å². The van der Waals surface area contributed by atoms with E-state index in [1.165, 1.54) is 25.1 Å². The normalized spacial score (nSPS) is 14.2. The smallest absolute Gasteiger partial charge is 0.264 e. The minimum absolute atomic E-state index is 0.0601. The van der Waals surface area contributed by atoms with Gasteiger partial charge in [-0.3, -0.25) is 19.2 Å². The molecule has 1 aliphatic rings. The number of rotatable bonds is 7. The maximum atomic E-state index is 13.2. The number of anilines is 1. The average molecular weight is 451 g/mol. The van der Waals surface area contributed by atoms with Crippen LogP contribution in [0, 0.1) is 11.3 Å². The fourth-order valence-corrected chi connectivity index (χ4v) is 3.93. The van der Waals surface area contributed by atoms with E-state index in [1.54, 1.807) is 24.3 Å². The molecule has 0 saturated carbocycles. The number of nitrogens with zero attached hydrogens (tertiary/aromatic N) is 2. The van der Waals surface area contributed by atoms with Crippen LogP contribution in [-0.4, -0.2) is 25.1 Å². The van der Waals surface area contributed by atoms with Gasteiger partial charge < -0.3 is 0 Å². The second-order valence-electron chi connectivity index (χ2n) is 6.88. The van der Waals surface area contributed by atoms with Crippen molar-refractivity contribution in [2.75, 3.05) is 4.72 Å². The zero-order valence-corrected chi connectivity index (χ0v) is 17.8. The Kier molecular flexibility index (Phi) is 6.37. The molecule has 0 fully saturated rings. The molecule has 0 saturated heterocycles. The molecule has 1 heterocycles. The van der Waals surface area contributed by atoms with Crippen molar-refractivity contribution in [3.63, 3.8) is 0 Å². The first-order valence-corrected chi connectivity index (χ1v) is 10.8. The number of halogens is 1. The van der Waals surface area contributed by atoms with Gasteiger partial charge in [-0.2, -0.15) is 5.26 Å². The molecule has 2 aromatic carbocycles. The third-order valence-corrected chi connectivity index (χ3v) is 6.21. The number of hydrogen-bond acceptors (Lipinski definition) is 5. The number of imide groups is 1. The summed E-state index contributed by atoms with van der Waals surface area (Å²) in [5, 5.41) is 9.04. The monoisotopic (exact) mass is 451 g/mol. The van der Waals surface area contributed by atoms with E-state index in [2.05, 4.69) is 11.3 Å². The molecule has 0 aliphatic carbocycles. The van der Waals surface area contributed by atoms with Crippen molar-refractivity contribution >= 4 is 27.5 Å². The molecule has 162 valence electrons. The molecule has 7 nitrogen and oxygen atoms in total. The van der Waals surface area contributed by atoms with Gasteiger partial charge in [0.1, 0.15) is 5.83 Å². The number of nitrogens with one attached hydrogen (secondary N) is 1. The lowest BCUT2D eigenvalue weighted by Crippen LogP contribution is -2.29. The Morgan fingerprint density at radius 1 is 1.19 bits per heavy atom. The van der Waals surface area contributed by atoms with Crippen LogP contribution in [0.4, 0.5) is 10.1 Å². The van der Waals surface area contributed by atoms with Crippen LogP contribution in [0.3, 0.4) is 0 Å². The number of nitriles is 1. The minimum atomic E-state index is -4.12. The van der Waals surface area contributed by atoms with Gasteiger partial charge in [0.2, 0.25) is 0 Å². The highest BCUT2D eigenvalue weighted by molar-refractivity contribution is 7.96. The summed E-state index contributed by atoms with van der Waals surface area (Å²) in [6.45, 7) is 4.44. The van der Waals surface area contributed by atoms with Crippen molar-refractivity contribution in [3.8, 4) is 6.07 Å². The second kappa shape index (κ2) is 8.99. The lowest BCUT2D eigenvalue weighted by atomic mass is 10.1. The first-order chi connectivity index (χ1) is 15.2. The molecule has 1 aliphatic heterocycles. The van der Waals surface area contributed by atoms with Crippen LogP contribution < -0.4 is 4.72 Å². The molecular formula is C23H18FN3O4S. The first-order valence-electron chi connectivity index (χ1n) is 9.35. The molecule has 0 unspecified atom stereocenters. The molecule has 0 aromatic heterocycles. The van der Waals surface area contributed by atoms with Crippen LogP contribution in [0.1, 0.15) is 38.8 Å². The summed E-state index contributed by atoms with van der Waals surface area (Å²) < 4.78 is 40.8. The van der Waals surface area contributed by atoms with Crippen LogP contribution in [0.2, 0.25) is 0 Å². The molecule has 2 amide bonds. The molecule has 0 bridgehead atoms. The topological polar surface area (TPSA) is 107 Å². The molecular weight excluding hydrogens is 433 g/mol. The molecule has 3 rings (SSSR count). The summed E-state index contributed by atoms with van der Waals surface area (Å²) in [7, 11) is -4.12. The molecule has 0 spiro atoms. The van der Waals surface area contributed by atoms with Crippen molar-refractivity contribution in [2.45, 2.75) is 13.5 Å². The summed E-state index contributed by atoms with van der Waals surface area (Å²) in [6, 6.07) is 12.7. The van der Waals surface area contributed by atoms with Gasteiger partial charge in [-0.05, 0) is 55.0 Å². The molecule has 1 N–H and O–H groups in total. The lowest BCUT2D eigenvalue weighted by Gasteiger charge is -2.14. The fourth-order valence-electron chi connectivity index (χ4n) is 3.06. The molecule has 0 radical (unpaired) electrons. The van der Waals surface area contributed by atoms with E-state index in [9.17, 15) is 22.4 Å². The summed E-state index contributed by atoms with van der Waals surface area (Å²) in [5.41, 5.74) is 0.895.